The van der Waals surface area contributed by atoms with Gasteiger partial charge in [-0.3, -0.25) is 4.90 Å². The van der Waals surface area contributed by atoms with E-state index in [-0.39, 0.29) is 0 Å². The van der Waals surface area contributed by atoms with E-state index in [0.29, 0.717) is 36.6 Å². The number of hydrogen-bond acceptors (Lipinski definition) is 4. The standard InChI is InChI=1S/C12H26N2O2S/c1-4-5-13-10-12(11(2)3)14-6-8-17(15,16)9-7-14/h11-13H,4-10H2,1-3H3. The second kappa shape index (κ2) is 6.71. The molecule has 102 valence electrons. The molecule has 5 heteroatoms. The fourth-order valence-electron chi connectivity index (χ4n) is 2.27. The minimum Gasteiger partial charge on any atom is -0.315 e. The topological polar surface area (TPSA) is 49.4 Å². The Kier molecular flexibility index (Phi) is 5.89. The fourth-order valence-corrected chi connectivity index (χ4v) is 3.50. The zero-order chi connectivity index (χ0) is 12.9. The molecule has 1 unspecified atom stereocenters. The van der Waals surface area contributed by atoms with Crippen LogP contribution in [0, 0.1) is 5.92 Å². The van der Waals surface area contributed by atoms with Crippen LogP contribution in [0.5, 0.6) is 0 Å². The van der Waals surface area contributed by atoms with Crippen molar-refractivity contribution in [1.82, 2.24) is 10.2 Å². The van der Waals surface area contributed by atoms with E-state index >= 15 is 0 Å². The quantitative estimate of drug-likeness (QED) is 0.717. The van der Waals surface area contributed by atoms with Crippen molar-refractivity contribution in [2.75, 3.05) is 37.7 Å². The van der Waals surface area contributed by atoms with Gasteiger partial charge in [0.15, 0.2) is 9.84 Å². The molecule has 1 atom stereocenters. The lowest BCUT2D eigenvalue weighted by Crippen LogP contribution is -2.51. The molecule has 0 spiro atoms. The van der Waals surface area contributed by atoms with Gasteiger partial charge in [-0.1, -0.05) is 20.8 Å². The number of hydrogen-bond donors (Lipinski definition) is 1. The maximum Gasteiger partial charge on any atom is 0.152 e. The number of nitrogens with zero attached hydrogens (tertiary/aromatic N) is 1. The van der Waals surface area contributed by atoms with Crippen LogP contribution in [0.2, 0.25) is 0 Å². The van der Waals surface area contributed by atoms with E-state index in [1.165, 1.54) is 0 Å². The molecule has 1 saturated heterocycles. The number of sulfone groups is 1. The van der Waals surface area contributed by atoms with Gasteiger partial charge in [-0.15, -0.1) is 0 Å². The van der Waals surface area contributed by atoms with Crippen LogP contribution in [0.3, 0.4) is 0 Å². The molecule has 1 rings (SSSR count). The molecule has 0 aromatic carbocycles. The molecule has 0 aromatic heterocycles. The van der Waals surface area contributed by atoms with Crippen LogP contribution in [-0.2, 0) is 9.84 Å². The fraction of sp³-hybridized carbons (Fsp3) is 1.00. The van der Waals surface area contributed by atoms with Crippen LogP contribution in [0.25, 0.3) is 0 Å². The third kappa shape index (κ3) is 4.94. The minimum absolute atomic E-state index is 0.323. The lowest BCUT2D eigenvalue weighted by atomic mass is 10.0. The summed E-state index contributed by atoms with van der Waals surface area (Å²) < 4.78 is 22.8. The highest BCUT2D eigenvalue weighted by Gasteiger charge is 2.28. The highest BCUT2D eigenvalue weighted by Crippen LogP contribution is 2.14. The monoisotopic (exact) mass is 262 g/mol. The third-order valence-corrected chi connectivity index (χ3v) is 5.01. The molecule has 4 nitrogen and oxygen atoms in total. The molecule has 0 amide bonds. The summed E-state index contributed by atoms with van der Waals surface area (Å²) in [6.07, 6.45) is 1.14. The average Bonchev–Trinajstić information content (AvgIpc) is 2.25. The van der Waals surface area contributed by atoms with E-state index in [4.69, 9.17) is 0 Å². The van der Waals surface area contributed by atoms with Crippen LogP contribution in [0.1, 0.15) is 27.2 Å². The van der Waals surface area contributed by atoms with E-state index in [1.807, 2.05) is 0 Å². The summed E-state index contributed by atoms with van der Waals surface area (Å²) in [5.41, 5.74) is 0. The molecule has 1 aliphatic rings. The molecule has 0 aromatic rings. The molecule has 0 aliphatic carbocycles. The van der Waals surface area contributed by atoms with Gasteiger partial charge in [0.2, 0.25) is 0 Å². The Bertz CT molecular complexity index is 300. The highest BCUT2D eigenvalue weighted by atomic mass is 32.2. The van der Waals surface area contributed by atoms with Crippen LogP contribution in [-0.4, -0.2) is 57.0 Å². The Morgan fingerprint density at radius 3 is 2.29 bits per heavy atom. The Balaban J connectivity index is 2.48. The van der Waals surface area contributed by atoms with E-state index in [0.717, 1.165) is 19.5 Å². The summed E-state index contributed by atoms with van der Waals surface area (Å²) in [5.74, 6) is 1.20. The molecule has 0 radical (unpaired) electrons. The molecular formula is C12H26N2O2S. The van der Waals surface area contributed by atoms with Crippen molar-refractivity contribution in [3.8, 4) is 0 Å². The minimum atomic E-state index is -2.76. The summed E-state index contributed by atoms with van der Waals surface area (Å²) >= 11 is 0. The molecule has 17 heavy (non-hydrogen) atoms. The Labute approximate surface area is 106 Å². The van der Waals surface area contributed by atoms with Gasteiger partial charge < -0.3 is 5.32 Å². The lowest BCUT2D eigenvalue weighted by Gasteiger charge is -2.37. The van der Waals surface area contributed by atoms with E-state index < -0.39 is 9.84 Å². The zero-order valence-corrected chi connectivity index (χ0v) is 12.1. The van der Waals surface area contributed by atoms with Crippen molar-refractivity contribution in [2.45, 2.75) is 33.2 Å². The molecule has 1 N–H and O–H groups in total. The predicted molar refractivity (Wildman–Crippen MR) is 72.0 cm³/mol. The number of nitrogens with one attached hydrogen (secondary N) is 1. The summed E-state index contributed by atoms with van der Waals surface area (Å²) in [7, 11) is -2.76. The van der Waals surface area contributed by atoms with Gasteiger partial charge in [0.1, 0.15) is 0 Å². The maximum atomic E-state index is 11.4. The van der Waals surface area contributed by atoms with Gasteiger partial charge in [0.05, 0.1) is 11.5 Å². The Morgan fingerprint density at radius 2 is 1.82 bits per heavy atom. The van der Waals surface area contributed by atoms with Crippen molar-refractivity contribution < 1.29 is 8.42 Å². The van der Waals surface area contributed by atoms with Crippen molar-refractivity contribution in [1.29, 1.82) is 0 Å². The van der Waals surface area contributed by atoms with Crippen molar-refractivity contribution in [2.24, 2.45) is 5.92 Å². The summed E-state index contributed by atoms with van der Waals surface area (Å²) in [5, 5.41) is 3.44. The summed E-state index contributed by atoms with van der Waals surface area (Å²) in [4.78, 5) is 2.33. The van der Waals surface area contributed by atoms with Gasteiger partial charge in [0.25, 0.3) is 0 Å². The van der Waals surface area contributed by atoms with Gasteiger partial charge in [0, 0.05) is 25.7 Å². The smallest absolute Gasteiger partial charge is 0.152 e. The van der Waals surface area contributed by atoms with Gasteiger partial charge in [-0.25, -0.2) is 8.42 Å². The SMILES string of the molecule is CCCNCC(C(C)C)N1CCS(=O)(=O)CC1. The first-order valence-electron chi connectivity index (χ1n) is 6.61. The summed E-state index contributed by atoms with van der Waals surface area (Å²) in [6, 6.07) is 0.456. The molecule has 1 fully saturated rings. The normalized spacial score (nSPS) is 22.8. The average molecular weight is 262 g/mol. The first kappa shape index (κ1) is 14.9. The van der Waals surface area contributed by atoms with Gasteiger partial charge in [-0.05, 0) is 18.9 Å². The van der Waals surface area contributed by atoms with E-state index in [1.54, 1.807) is 0 Å². The van der Waals surface area contributed by atoms with E-state index in [2.05, 4.69) is 31.0 Å². The highest BCUT2D eigenvalue weighted by molar-refractivity contribution is 7.91. The van der Waals surface area contributed by atoms with Crippen molar-refractivity contribution >= 4 is 9.84 Å². The molecule has 1 heterocycles. The second-order valence-corrected chi connectivity index (χ2v) is 7.51. The van der Waals surface area contributed by atoms with Gasteiger partial charge >= 0.3 is 0 Å². The van der Waals surface area contributed by atoms with Crippen LogP contribution in [0.4, 0.5) is 0 Å². The van der Waals surface area contributed by atoms with Crippen LogP contribution >= 0.6 is 0 Å². The Morgan fingerprint density at radius 1 is 1.24 bits per heavy atom. The maximum absolute atomic E-state index is 11.4. The molecular weight excluding hydrogens is 236 g/mol. The summed E-state index contributed by atoms with van der Waals surface area (Å²) in [6.45, 7) is 9.96. The second-order valence-electron chi connectivity index (χ2n) is 5.20. The molecule has 1 aliphatic heterocycles. The largest absolute Gasteiger partial charge is 0.315 e. The van der Waals surface area contributed by atoms with Crippen molar-refractivity contribution in [3.05, 3.63) is 0 Å². The van der Waals surface area contributed by atoms with Gasteiger partial charge in [-0.2, -0.15) is 0 Å². The Hall–Kier alpha value is -0.130. The molecule has 0 bridgehead atoms. The first-order chi connectivity index (χ1) is 7.96. The first-order valence-corrected chi connectivity index (χ1v) is 8.43. The lowest BCUT2D eigenvalue weighted by molar-refractivity contribution is 0.164. The molecule has 0 saturated carbocycles. The third-order valence-electron chi connectivity index (χ3n) is 3.40. The predicted octanol–water partition coefficient (Wildman–Crippen LogP) is 0.741. The van der Waals surface area contributed by atoms with Crippen LogP contribution < -0.4 is 5.32 Å². The van der Waals surface area contributed by atoms with Crippen molar-refractivity contribution in [3.63, 3.8) is 0 Å². The number of rotatable bonds is 6. The zero-order valence-electron chi connectivity index (χ0n) is 11.3. The van der Waals surface area contributed by atoms with Crippen LogP contribution in [0.15, 0.2) is 0 Å². The van der Waals surface area contributed by atoms with E-state index in [9.17, 15) is 8.42 Å².